The largest absolute Gasteiger partial charge is 0.481 e. The van der Waals surface area contributed by atoms with Crippen molar-refractivity contribution < 1.29 is 86.6 Å². The van der Waals surface area contributed by atoms with Gasteiger partial charge in [-0.25, -0.2) is 9.59 Å². The second kappa shape index (κ2) is 42.5. The average molecular weight is 975 g/mol. The van der Waals surface area contributed by atoms with E-state index in [4.69, 9.17) is 33.5 Å². The quantitative estimate of drug-likeness (QED) is 0.0432. The molecule has 0 aromatic carbocycles. The van der Waals surface area contributed by atoms with E-state index in [2.05, 4.69) is 20.8 Å². The van der Waals surface area contributed by atoms with Crippen LogP contribution in [0, 0.1) is 0 Å². The van der Waals surface area contributed by atoms with Crippen molar-refractivity contribution in [3.63, 3.8) is 0 Å². The number of nitrogens with one attached hydrogen (secondary N) is 3. The highest BCUT2D eigenvalue weighted by Gasteiger charge is 2.32. The molecule has 0 radical (unpaired) electrons. The van der Waals surface area contributed by atoms with Gasteiger partial charge in [0.15, 0.2) is 5.78 Å². The van der Waals surface area contributed by atoms with Gasteiger partial charge in [-0.1, -0.05) is 77.0 Å². The van der Waals surface area contributed by atoms with Gasteiger partial charge in [-0.05, 0) is 25.7 Å². The summed E-state index contributed by atoms with van der Waals surface area (Å²) in [6.45, 7) is 1.46. The Morgan fingerprint density at radius 1 is 0.471 bits per heavy atom. The van der Waals surface area contributed by atoms with Gasteiger partial charge in [-0.3, -0.25) is 33.6 Å². The van der Waals surface area contributed by atoms with Crippen molar-refractivity contribution in [2.75, 3.05) is 92.4 Å². The van der Waals surface area contributed by atoms with Crippen LogP contribution in [0.2, 0.25) is 0 Å². The van der Waals surface area contributed by atoms with Gasteiger partial charge in [0.25, 0.3) is 11.8 Å². The number of hydrogen-bond donors (Lipinski definition) is 5. The van der Waals surface area contributed by atoms with Crippen LogP contribution < -0.4 is 16.0 Å². The van der Waals surface area contributed by atoms with E-state index >= 15 is 0 Å². The first-order valence-electron chi connectivity index (χ1n) is 24.2. The SMILES string of the molecule is O=C(O)CCCCCCCCCCCCCCCCC(=O)N[C@@H](CCC(=O)NCCOCCOCC(=O)NCCOCCOCC(=O)CCCOCCOCC(=O)ON1C(=O)CCC1=O)C(=O)O. The molecule has 5 amide bonds. The first-order valence-corrected chi connectivity index (χ1v) is 24.2. The fourth-order valence-corrected chi connectivity index (χ4v) is 6.54. The Bertz CT molecular complexity index is 1450. The summed E-state index contributed by atoms with van der Waals surface area (Å²) >= 11 is 0. The van der Waals surface area contributed by atoms with Crippen molar-refractivity contribution in [2.24, 2.45) is 0 Å². The zero-order chi connectivity index (χ0) is 49.9. The number of rotatable bonds is 48. The number of carbonyl (C=O) groups excluding carboxylic acids is 7. The Balaban J connectivity index is 1.87. The van der Waals surface area contributed by atoms with E-state index in [1.807, 2.05) is 0 Å². The molecule has 0 unspecified atom stereocenters. The molecule has 0 aromatic heterocycles. The maximum atomic E-state index is 12.3. The summed E-state index contributed by atoms with van der Waals surface area (Å²) in [4.78, 5) is 110. The van der Waals surface area contributed by atoms with Crippen LogP contribution in [0.25, 0.3) is 0 Å². The first-order chi connectivity index (χ1) is 32.9. The standard InChI is InChI=1S/C46H78N4O18/c51-37(16-15-25-62-28-33-67-36-45(59)68-50-42(55)21-22-43(50)56)34-65-31-29-64-27-24-48-41(54)35-66-32-30-63-26-23-47-39(52)20-19-38(46(60)61)49-40(53)17-13-11-9-7-5-3-1-2-4-6-8-10-12-14-18-44(57)58/h38H,1-36H2,(H,47,52)(H,48,54)(H,49,53)(H,57,58)(H,60,61)/t38-/m0/s1. The normalized spacial score (nSPS) is 12.8. The van der Waals surface area contributed by atoms with E-state index in [1.165, 1.54) is 38.5 Å². The van der Waals surface area contributed by atoms with E-state index < -0.39 is 42.4 Å². The maximum absolute atomic E-state index is 12.3. The molecule has 1 aliphatic rings. The third-order valence-electron chi connectivity index (χ3n) is 10.3. The summed E-state index contributed by atoms with van der Waals surface area (Å²) in [5.41, 5.74) is 0. The number of amides is 5. The second-order valence-corrected chi connectivity index (χ2v) is 16.2. The molecular weight excluding hydrogens is 897 g/mol. The molecule has 0 bridgehead atoms. The van der Waals surface area contributed by atoms with Crippen molar-refractivity contribution >= 4 is 53.2 Å². The molecule has 0 spiro atoms. The molecule has 390 valence electrons. The lowest BCUT2D eigenvalue weighted by Crippen LogP contribution is -2.41. The maximum Gasteiger partial charge on any atom is 0.358 e. The fourth-order valence-electron chi connectivity index (χ4n) is 6.54. The Kier molecular flexibility index (Phi) is 38.4. The lowest BCUT2D eigenvalue weighted by atomic mass is 10.0. The van der Waals surface area contributed by atoms with Gasteiger partial charge in [0, 0.05) is 58.2 Å². The second-order valence-electron chi connectivity index (χ2n) is 16.2. The monoisotopic (exact) mass is 975 g/mol. The van der Waals surface area contributed by atoms with Crippen LogP contribution in [0.15, 0.2) is 0 Å². The fraction of sp³-hybridized carbons (Fsp3) is 0.804. The summed E-state index contributed by atoms with van der Waals surface area (Å²) in [7, 11) is 0. The lowest BCUT2D eigenvalue weighted by molar-refractivity contribution is -0.200. The third-order valence-corrected chi connectivity index (χ3v) is 10.3. The molecule has 1 atom stereocenters. The number of imide groups is 1. The molecule has 1 rings (SSSR count). The number of hydrogen-bond acceptors (Lipinski definition) is 16. The molecule has 0 aromatic rings. The molecular formula is C46H78N4O18. The Morgan fingerprint density at radius 3 is 1.46 bits per heavy atom. The van der Waals surface area contributed by atoms with Crippen LogP contribution in [-0.2, 0) is 76.4 Å². The highest BCUT2D eigenvalue weighted by atomic mass is 16.7. The number of carboxylic acid groups (broad SMARTS) is 2. The number of hydroxylamine groups is 2. The molecule has 1 heterocycles. The number of nitrogens with zero attached hydrogens (tertiary/aromatic N) is 1. The number of Topliss-reactive ketones (excluding diaryl/α,β-unsaturated/α-hetero) is 1. The topological polar surface area (TPSA) is 298 Å². The van der Waals surface area contributed by atoms with Crippen molar-refractivity contribution in [3.05, 3.63) is 0 Å². The van der Waals surface area contributed by atoms with E-state index in [1.54, 1.807) is 0 Å². The minimum Gasteiger partial charge on any atom is -0.481 e. The zero-order valence-electron chi connectivity index (χ0n) is 39.9. The van der Waals surface area contributed by atoms with Gasteiger partial charge in [-0.15, -0.1) is 5.06 Å². The van der Waals surface area contributed by atoms with Crippen molar-refractivity contribution in [2.45, 2.75) is 147 Å². The summed E-state index contributed by atoms with van der Waals surface area (Å²) in [5.74, 6) is -5.08. The Morgan fingerprint density at radius 2 is 0.926 bits per heavy atom. The Hall–Kier alpha value is -4.61. The average Bonchev–Trinajstić information content (AvgIpc) is 3.61. The molecule has 1 fully saturated rings. The molecule has 5 N–H and O–H groups in total. The smallest absolute Gasteiger partial charge is 0.358 e. The van der Waals surface area contributed by atoms with Gasteiger partial charge >= 0.3 is 17.9 Å². The highest BCUT2D eigenvalue weighted by molar-refractivity contribution is 6.01. The van der Waals surface area contributed by atoms with Crippen LogP contribution in [0.4, 0.5) is 0 Å². The molecule has 68 heavy (non-hydrogen) atoms. The molecule has 1 aliphatic heterocycles. The number of ether oxygens (including phenoxy) is 6. The van der Waals surface area contributed by atoms with Gasteiger partial charge in [0.1, 0.15) is 25.9 Å². The summed E-state index contributed by atoms with van der Waals surface area (Å²) in [6, 6.07) is -1.15. The summed E-state index contributed by atoms with van der Waals surface area (Å²) in [6.07, 6.45) is 16.1. The summed E-state index contributed by atoms with van der Waals surface area (Å²) < 4.78 is 31.8. The van der Waals surface area contributed by atoms with Crippen LogP contribution in [0.5, 0.6) is 0 Å². The van der Waals surface area contributed by atoms with E-state index in [0.29, 0.717) is 24.5 Å². The molecule has 0 aliphatic carbocycles. The van der Waals surface area contributed by atoms with Crippen molar-refractivity contribution in [1.29, 1.82) is 0 Å². The van der Waals surface area contributed by atoms with E-state index in [-0.39, 0.29) is 148 Å². The molecule has 1 saturated heterocycles. The van der Waals surface area contributed by atoms with Gasteiger partial charge in [-0.2, -0.15) is 0 Å². The zero-order valence-corrected chi connectivity index (χ0v) is 39.9. The molecule has 0 saturated carbocycles. The third kappa shape index (κ3) is 37.4. The van der Waals surface area contributed by atoms with Crippen LogP contribution in [0.3, 0.4) is 0 Å². The minimum atomic E-state index is -1.19. The van der Waals surface area contributed by atoms with Gasteiger partial charge < -0.3 is 59.4 Å². The summed E-state index contributed by atoms with van der Waals surface area (Å²) in [5, 5.41) is 26.4. The van der Waals surface area contributed by atoms with Crippen molar-refractivity contribution in [1.82, 2.24) is 21.0 Å². The molecule has 22 nitrogen and oxygen atoms in total. The number of carbonyl (C=O) groups is 9. The number of unbranched alkanes of at least 4 members (excludes halogenated alkanes) is 13. The van der Waals surface area contributed by atoms with E-state index in [0.717, 1.165) is 44.9 Å². The highest BCUT2D eigenvalue weighted by Crippen LogP contribution is 2.15. The van der Waals surface area contributed by atoms with Gasteiger partial charge in [0.2, 0.25) is 17.7 Å². The molecule has 22 heteroatoms. The predicted molar refractivity (Wildman–Crippen MR) is 243 cm³/mol. The van der Waals surface area contributed by atoms with Crippen LogP contribution >= 0.6 is 0 Å². The van der Waals surface area contributed by atoms with Crippen LogP contribution in [0.1, 0.15) is 141 Å². The lowest BCUT2D eigenvalue weighted by Gasteiger charge is -2.14. The number of aliphatic carboxylic acids is 2. The predicted octanol–water partition coefficient (Wildman–Crippen LogP) is 2.95. The van der Waals surface area contributed by atoms with Gasteiger partial charge in [0.05, 0.1) is 52.9 Å². The minimum absolute atomic E-state index is 0.00619. The Labute approximate surface area is 399 Å². The number of ketones is 1. The van der Waals surface area contributed by atoms with Crippen LogP contribution in [-0.4, -0.2) is 167 Å². The first kappa shape index (κ1) is 61.4. The van der Waals surface area contributed by atoms with Crippen molar-refractivity contribution in [3.8, 4) is 0 Å². The van der Waals surface area contributed by atoms with E-state index in [9.17, 15) is 48.3 Å². The number of carboxylic acids is 2.